The molecule has 11 heteroatoms. The van der Waals surface area contributed by atoms with Crippen molar-refractivity contribution in [3.05, 3.63) is 0 Å². The first-order chi connectivity index (χ1) is 9.06. The van der Waals surface area contributed by atoms with E-state index in [-0.39, 0.29) is 29.6 Å². The van der Waals surface area contributed by atoms with E-state index in [1.54, 1.807) is 0 Å². The zero-order valence-corrected chi connectivity index (χ0v) is 10.3. The van der Waals surface area contributed by atoms with Gasteiger partial charge in [0.25, 0.3) is 0 Å². The molecule has 0 heterocycles. The van der Waals surface area contributed by atoms with Crippen LogP contribution in [-0.4, -0.2) is 86.9 Å². The molecule has 0 fully saturated rings. The molecule has 0 aliphatic carbocycles. The fraction of sp³-hybridized carbons (Fsp3) is 0.500. The van der Waals surface area contributed by atoms with Crippen molar-refractivity contribution in [2.45, 2.75) is 25.4 Å². The van der Waals surface area contributed by atoms with Crippen molar-refractivity contribution in [3.8, 4) is 0 Å². The monoisotopic (exact) mass is 316 g/mol. The number of carboxylic acid groups (broad SMARTS) is 2. The van der Waals surface area contributed by atoms with Crippen LogP contribution in [0.2, 0.25) is 0 Å². The van der Waals surface area contributed by atoms with Gasteiger partial charge in [0.2, 0.25) is 0 Å². The van der Waals surface area contributed by atoms with Crippen LogP contribution < -0.4 is 0 Å². The van der Waals surface area contributed by atoms with E-state index >= 15 is 0 Å². The summed E-state index contributed by atoms with van der Waals surface area (Å²) >= 11 is 0. The van der Waals surface area contributed by atoms with Crippen LogP contribution in [0.15, 0.2) is 0 Å². The van der Waals surface area contributed by atoms with Crippen LogP contribution in [-0.2, 0) is 33.4 Å². The van der Waals surface area contributed by atoms with Crippen LogP contribution in [0.1, 0.15) is 19.8 Å². The van der Waals surface area contributed by atoms with Gasteiger partial charge in [-0.25, -0.2) is 9.59 Å². The summed E-state index contributed by atoms with van der Waals surface area (Å²) < 4.78 is 8.26. The fourth-order valence-corrected chi connectivity index (χ4v) is 1.08. The van der Waals surface area contributed by atoms with Crippen LogP contribution in [0, 0.1) is 0 Å². The van der Waals surface area contributed by atoms with E-state index < -0.39 is 54.9 Å². The fourth-order valence-electron chi connectivity index (χ4n) is 1.08. The number of aliphatic carboxylic acids is 2. The number of hydrogen-bond acceptors (Lipinski definition) is 8. The Kier molecular flexibility index (Phi) is 9.81. The van der Waals surface area contributed by atoms with E-state index in [4.69, 9.17) is 10.2 Å². The average molecular weight is 316 g/mol. The van der Waals surface area contributed by atoms with Crippen molar-refractivity contribution >= 4 is 59.4 Å². The molecule has 0 rings (SSSR count). The first kappa shape index (κ1) is 21.8. The number of carboxylic acids is 2. The molecule has 21 heavy (non-hydrogen) atoms. The molecular weight excluding hydrogens is 303 g/mol. The van der Waals surface area contributed by atoms with Crippen molar-refractivity contribution in [1.29, 1.82) is 0 Å². The number of carbonyl (C=O) groups excluding carboxylic acids is 3. The molecule has 114 valence electrons. The standard InChI is InChI=1S/C10H12O10.Na.H/c1-5(11)20-8(15)4-19-7(14)3-10(18,9(16)17)2-6(12)13;;/h18H,2-4H2,1H3,(H,12,13)(H,16,17);;. The number of hydrogen-bond donors (Lipinski definition) is 3. The summed E-state index contributed by atoms with van der Waals surface area (Å²) in [6.07, 6.45) is -2.41. The molecule has 0 radical (unpaired) electrons. The Hall–Kier alpha value is -1.49. The van der Waals surface area contributed by atoms with Gasteiger partial charge < -0.3 is 24.8 Å². The third kappa shape index (κ3) is 9.13. The van der Waals surface area contributed by atoms with Crippen molar-refractivity contribution < 1.29 is 48.8 Å². The molecule has 10 nitrogen and oxygen atoms in total. The maximum absolute atomic E-state index is 11.2. The van der Waals surface area contributed by atoms with E-state index in [0.29, 0.717) is 0 Å². The SMILES string of the molecule is CC(=O)OC(=O)COC(=O)CC(O)(CC(=O)O)C(=O)O.[NaH]. The van der Waals surface area contributed by atoms with Gasteiger partial charge in [0.05, 0.1) is 12.8 Å². The van der Waals surface area contributed by atoms with Crippen LogP contribution in [0.5, 0.6) is 0 Å². The average Bonchev–Trinajstić information content (AvgIpc) is 2.23. The topological polar surface area (TPSA) is 165 Å². The Balaban J connectivity index is 0. The molecule has 1 atom stereocenters. The molecule has 3 N–H and O–H groups in total. The Bertz CT molecular complexity index is 445. The van der Waals surface area contributed by atoms with Crippen LogP contribution in [0.4, 0.5) is 0 Å². The summed E-state index contributed by atoms with van der Waals surface area (Å²) in [7, 11) is 0. The predicted octanol–water partition coefficient (Wildman–Crippen LogP) is -2.35. The Morgan fingerprint density at radius 3 is 1.90 bits per heavy atom. The maximum atomic E-state index is 11.2. The summed E-state index contributed by atoms with van der Waals surface area (Å²) in [6.45, 7) is -0.0308. The van der Waals surface area contributed by atoms with Gasteiger partial charge in [-0.2, -0.15) is 0 Å². The summed E-state index contributed by atoms with van der Waals surface area (Å²) in [4.78, 5) is 53.5. The molecule has 0 aliphatic rings. The summed E-state index contributed by atoms with van der Waals surface area (Å²) in [5, 5.41) is 26.6. The van der Waals surface area contributed by atoms with Crippen LogP contribution >= 0.6 is 0 Å². The molecule has 0 bridgehead atoms. The predicted molar refractivity (Wildman–Crippen MR) is 64.3 cm³/mol. The summed E-state index contributed by atoms with van der Waals surface area (Å²) in [5.41, 5.74) is -2.85. The van der Waals surface area contributed by atoms with E-state index in [1.807, 2.05) is 0 Å². The molecule has 0 aromatic rings. The van der Waals surface area contributed by atoms with Crippen molar-refractivity contribution in [2.75, 3.05) is 6.61 Å². The second-order valence-corrected chi connectivity index (χ2v) is 3.71. The molecular formula is C10H13NaO10. The first-order valence-electron chi connectivity index (χ1n) is 5.11. The van der Waals surface area contributed by atoms with Gasteiger partial charge in [0.15, 0.2) is 12.2 Å². The van der Waals surface area contributed by atoms with Crippen molar-refractivity contribution in [2.24, 2.45) is 0 Å². The zero-order chi connectivity index (χ0) is 15.9. The number of ether oxygens (including phenoxy) is 2. The molecule has 0 aromatic heterocycles. The van der Waals surface area contributed by atoms with E-state index in [1.165, 1.54) is 0 Å². The minimum atomic E-state index is -2.85. The number of aliphatic hydroxyl groups is 1. The normalized spacial score (nSPS) is 12.3. The molecule has 0 saturated heterocycles. The quantitative estimate of drug-likeness (QED) is 0.263. The van der Waals surface area contributed by atoms with E-state index in [2.05, 4.69) is 9.47 Å². The molecule has 0 saturated carbocycles. The second kappa shape index (κ2) is 9.45. The second-order valence-electron chi connectivity index (χ2n) is 3.71. The molecule has 0 spiro atoms. The van der Waals surface area contributed by atoms with Gasteiger partial charge in [-0.3, -0.25) is 14.4 Å². The van der Waals surface area contributed by atoms with Gasteiger partial charge in [0.1, 0.15) is 0 Å². The van der Waals surface area contributed by atoms with E-state index in [9.17, 15) is 29.1 Å². The third-order valence-corrected chi connectivity index (χ3v) is 1.89. The van der Waals surface area contributed by atoms with Gasteiger partial charge in [-0.1, -0.05) is 0 Å². The summed E-state index contributed by atoms with van der Waals surface area (Å²) in [6, 6.07) is 0. The van der Waals surface area contributed by atoms with Gasteiger partial charge in [-0.15, -0.1) is 0 Å². The first-order valence-corrected chi connectivity index (χ1v) is 5.11. The molecule has 0 aliphatic heterocycles. The molecule has 0 aromatic carbocycles. The molecule has 1 unspecified atom stereocenters. The number of carbonyl (C=O) groups is 5. The number of rotatable bonds is 7. The van der Waals surface area contributed by atoms with Crippen molar-refractivity contribution in [3.63, 3.8) is 0 Å². The third-order valence-electron chi connectivity index (χ3n) is 1.89. The Morgan fingerprint density at radius 1 is 1.00 bits per heavy atom. The Morgan fingerprint density at radius 2 is 1.52 bits per heavy atom. The van der Waals surface area contributed by atoms with Gasteiger partial charge in [0, 0.05) is 6.92 Å². The van der Waals surface area contributed by atoms with Gasteiger partial charge >= 0.3 is 59.4 Å². The number of esters is 3. The molecule has 0 amide bonds. The van der Waals surface area contributed by atoms with Crippen LogP contribution in [0.25, 0.3) is 0 Å². The van der Waals surface area contributed by atoms with Crippen molar-refractivity contribution in [1.82, 2.24) is 0 Å². The van der Waals surface area contributed by atoms with E-state index in [0.717, 1.165) is 6.92 Å². The zero-order valence-electron chi connectivity index (χ0n) is 10.3. The van der Waals surface area contributed by atoms with Gasteiger partial charge in [-0.05, 0) is 0 Å². The van der Waals surface area contributed by atoms with Crippen LogP contribution in [0.3, 0.4) is 0 Å². The minimum absolute atomic E-state index is 0. The summed E-state index contributed by atoms with van der Waals surface area (Å²) in [5.74, 6) is -7.03. The Labute approximate surface area is 140 Å².